The molecule has 2 aromatic heterocycles. The van der Waals surface area contributed by atoms with E-state index in [0.29, 0.717) is 39.7 Å². The summed E-state index contributed by atoms with van der Waals surface area (Å²) < 4.78 is 40.5. The van der Waals surface area contributed by atoms with Crippen LogP contribution in [0.4, 0.5) is 0 Å². The van der Waals surface area contributed by atoms with Crippen molar-refractivity contribution in [1.29, 1.82) is 0 Å². The summed E-state index contributed by atoms with van der Waals surface area (Å²) in [6, 6.07) is 15.1. The Kier molecular flexibility index (Phi) is 6.36. The Morgan fingerprint density at radius 2 is 1.85 bits per heavy atom. The minimum Gasteiger partial charge on any atom is -0.497 e. The van der Waals surface area contributed by atoms with Crippen molar-refractivity contribution in [3.8, 4) is 22.7 Å². The van der Waals surface area contributed by atoms with Gasteiger partial charge < -0.3 is 9.26 Å². The topological polar surface area (TPSA) is 116 Å². The van der Waals surface area contributed by atoms with Crippen LogP contribution in [0, 0.1) is 20.8 Å². The van der Waals surface area contributed by atoms with Gasteiger partial charge in [-0.05, 0) is 56.2 Å². The molecule has 34 heavy (non-hydrogen) atoms. The minimum atomic E-state index is -3.83. The fourth-order valence-corrected chi connectivity index (χ4v) is 4.88. The second kappa shape index (κ2) is 9.24. The van der Waals surface area contributed by atoms with E-state index in [9.17, 15) is 13.2 Å². The lowest BCUT2D eigenvalue weighted by Gasteiger charge is -2.12. The van der Waals surface area contributed by atoms with Gasteiger partial charge in [0.1, 0.15) is 17.1 Å². The standard InChI is InChI=1S/C24H24N4O5S/c1-15-8-9-19(21-10-11-23(29)28(26-21)24-16(2)27-33-17(24)3)13-22(15)34(30,31)25-14-18-6-5-7-20(12-18)32-4/h5-13,25H,14H2,1-4H3. The van der Waals surface area contributed by atoms with Gasteiger partial charge in [-0.3, -0.25) is 4.79 Å². The second-order valence-corrected chi connectivity index (χ2v) is 9.53. The number of nitrogens with zero attached hydrogens (tertiary/aromatic N) is 3. The van der Waals surface area contributed by atoms with E-state index in [-0.39, 0.29) is 17.0 Å². The fourth-order valence-electron chi connectivity index (χ4n) is 3.59. The van der Waals surface area contributed by atoms with Crippen molar-refractivity contribution in [2.24, 2.45) is 0 Å². The summed E-state index contributed by atoms with van der Waals surface area (Å²) in [6.45, 7) is 5.25. The van der Waals surface area contributed by atoms with E-state index in [1.807, 2.05) is 6.07 Å². The van der Waals surface area contributed by atoms with Crippen LogP contribution in [0.5, 0.6) is 5.75 Å². The van der Waals surface area contributed by atoms with E-state index >= 15 is 0 Å². The smallest absolute Gasteiger partial charge is 0.271 e. The maximum Gasteiger partial charge on any atom is 0.271 e. The zero-order chi connectivity index (χ0) is 24.5. The quantitative estimate of drug-likeness (QED) is 0.431. The number of nitrogens with one attached hydrogen (secondary N) is 1. The maximum absolute atomic E-state index is 13.1. The van der Waals surface area contributed by atoms with Crippen LogP contribution < -0.4 is 15.0 Å². The summed E-state index contributed by atoms with van der Waals surface area (Å²) in [7, 11) is -2.27. The summed E-state index contributed by atoms with van der Waals surface area (Å²) in [5.74, 6) is 1.10. The molecular weight excluding hydrogens is 456 g/mol. The van der Waals surface area contributed by atoms with Gasteiger partial charge in [-0.15, -0.1) is 0 Å². The van der Waals surface area contributed by atoms with Crippen molar-refractivity contribution in [3.05, 3.63) is 87.5 Å². The Morgan fingerprint density at radius 3 is 2.56 bits per heavy atom. The number of methoxy groups -OCH3 is 1. The molecule has 0 fully saturated rings. The molecule has 0 bridgehead atoms. The molecule has 0 aliphatic heterocycles. The number of hydrogen-bond acceptors (Lipinski definition) is 7. The van der Waals surface area contributed by atoms with E-state index in [1.54, 1.807) is 70.3 Å². The molecule has 0 aliphatic carbocycles. The van der Waals surface area contributed by atoms with Crippen LogP contribution >= 0.6 is 0 Å². The molecule has 0 radical (unpaired) electrons. The minimum absolute atomic E-state index is 0.109. The predicted octanol–water partition coefficient (Wildman–Crippen LogP) is 3.30. The number of rotatable bonds is 7. The SMILES string of the molecule is COc1cccc(CNS(=O)(=O)c2cc(-c3ccc(=O)n(-c4c(C)noc4C)n3)ccc2C)c1. The van der Waals surface area contributed by atoms with Crippen LogP contribution in [0.25, 0.3) is 16.9 Å². The normalized spacial score (nSPS) is 11.5. The van der Waals surface area contributed by atoms with Gasteiger partial charge >= 0.3 is 0 Å². The van der Waals surface area contributed by atoms with E-state index in [1.165, 1.54) is 10.7 Å². The number of ether oxygens (including phenoxy) is 1. The highest BCUT2D eigenvalue weighted by Gasteiger charge is 2.19. The zero-order valence-corrected chi connectivity index (χ0v) is 20.0. The van der Waals surface area contributed by atoms with Crippen LogP contribution in [0.1, 0.15) is 22.6 Å². The molecule has 1 N–H and O–H groups in total. The third-order valence-corrected chi connectivity index (χ3v) is 6.92. The van der Waals surface area contributed by atoms with Crippen molar-refractivity contribution in [3.63, 3.8) is 0 Å². The number of hydrogen-bond donors (Lipinski definition) is 1. The molecule has 0 saturated heterocycles. The molecule has 4 aromatic rings. The average molecular weight is 481 g/mol. The summed E-state index contributed by atoms with van der Waals surface area (Å²) >= 11 is 0. The average Bonchev–Trinajstić information content (AvgIpc) is 3.16. The second-order valence-electron chi connectivity index (χ2n) is 7.80. The van der Waals surface area contributed by atoms with E-state index in [4.69, 9.17) is 9.26 Å². The van der Waals surface area contributed by atoms with Crippen molar-refractivity contribution in [2.75, 3.05) is 7.11 Å². The third-order valence-electron chi connectivity index (χ3n) is 5.38. The van der Waals surface area contributed by atoms with Crippen LogP contribution in [-0.4, -0.2) is 30.5 Å². The fraction of sp³-hybridized carbons (Fsp3) is 0.208. The molecule has 0 unspecified atom stereocenters. The van der Waals surface area contributed by atoms with E-state index in [0.717, 1.165) is 5.56 Å². The molecule has 0 atom stereocenters. The summed E-state index contributed by atoms with van der Waals surface area (Å²) in [5.41, 5.74) is 2.98. The first kappa shape index (κ1) is 23.4. The van der Waals surface area contributed by atoms with Gasteiger partial charge in [0.05, 0.1) is 17.7 Å². The zero-order valence-electron chi connectivity index (χ0n) is 19.2. The summed E-state index contributed by atoms with van der Waals surface area (Å²) in [6.07, 6.45) is 0. The Hall–Kier alpha value is -3.76. The van der Waals surface area contributed by atoms with Gasteiger partial charge in [0, 0.05) is 18.2 Å². The lowest BCUT2D eigenvalue weighted by atomic mass is 10.1. The van der Waals surface area contributed by atoms with Crippen LogP contribution in [-0.2, 0) is 16.6 Å². The summed E-state index contributed by atoms with van der Waals surface area (Å²) in [5, 5.41) is 8.33. The van der Waals surface area contributed by atoms with Crippen molar-refractivity contribution in [2.45, 2.75) is 32.2 Å². The molecule has 0 amide bonds. The number of aryl methyl sites for hydroxylation is 3. The Balaban J connectivity index is 1.68. The van der Waals surface area contributed by atoms with Crippen LogP contribution in [0.2, 0.25) is 0 Å². The van der Waals surface area contributed by atoms with Crippen molar-refractivity contribution < 1.29 is 17.7 Å². The Morgan fingerprint density at radius 1 is 1.06 bits per heavy atom. The Bertz CT molecular complexity index is 1500. The molecule has 0 saturated carbocycles. The van der Waals surface area contributed by atoms with Gasteiger partial charge in [-0.1, -0.05) is 29.4 Å². The van der Waals surface area contributed by atoms with Crippen molar-refractivity contribution in [1.82, 2.24) is 19.7 Å². The van der Waals surface area contributed by atoms with Gasteiger partial charge in [0.15, 0.2) is 5.76 Å². The monoisotopic (exact) mass is 480 g/mol. The Labute approximate surface area is 197 Å². The number of sulfonamides is 1. The molecule has 0 aliphatic rings. The van der Waals surface area contributed by atoms with Gasteiger partial charge in [0.25, 0.3) is 5.56 Å². The largest absolute Gasteiger partial charge is 0.497 e. The van der Waals surface area contributed by atoms with Crippen LogP contribution in [0.3, 0.4) is 0 Å². The van der Waals surface area contributed by atoms with Gasteiger partial charge in [-0.25, -0.2) is 13.1 Å². The van der Waals surface area contributed by atoms with Crippen LogP contribution in [0.15, 0.2) is 68.8 Å². The molecule has 9 nitrogen and oxygen atoms in total. The van der Waals surface area contributed by atoms with E-state index in [2.05, 4.69) is 15.0 Å². The molecule has 2 heterocycles. The number of aromatic nitrogens is 3. The molecule has 4 rings (SSSR count). The lowest BCUT2D eigenvalue weighted by Crippen LogP contribution is -2.24. The maximum atomic E-state index is 13.1. The first-order chi connectivity index (χ1) is 16.2. The molecule has 176 valence electrons. The van der Waals surface area contributed by atoms with Gasteiger partial charge in [0.2, 0.25) is 10.0 Å². The predicted molar refractivity (Wildman–Crippen MR) is 127 cm³/mol. The molecule has 10 heteroatoms. The first-order valence-electron chi connectivity index (χ1n) is 10.5. The highest BCUT2D eigenvalue weighted by molar-refractivity contribution is 7.89. The first-order valence-corrected chi connectivity index (χ1v) is 11.9. The molecular formula is C24H24N4O5S. The number of benzene rings is 2. The third kappa shape index (κ3) is 4.63. The highest BCUT2D eigenvalue weighted by Crippen LogP contribution is 2.25. The molecule has 2 aromatic carbocycles. The van der Waals surface area contributed by atoms with Gasteiger partial charge in [-0.2, -0.15) is 9.78 Å². The lowest BCUT2D eigenvalue weighted by molar-refractivity contribution is 0.392. The van der Waals surface area contributed by atoms with E-state index < -0.39 is 10.0 Å². The molecule has 0 spiro atoms. The highest BCUT2D eigenvalue weighted by atomic mass is 32.2. The summed E-state index contributed by atoms with van der Waals surface area (Å²) in [4.78, 5) is 12.6. The van der Waals surface area contributed by atoms with Crippen molar-refractivity contribution >= 4 is 10.0 Å².